The summed E-state index contributed by atoms with van der Waals surface area (Å²) in [5.74, 6) is 0.128. The standard InChI is InChI=1S/C17H16FN5O2S/c1-25-15-9-5-4-8-14(15)23-17(20-21-22-23)26-11-16(24)19-10-12-6-2-3-7-13(12)18/h2-9H,10-11H2,1H3,(H,19,24). The third-order valence-electron chi connectivity index (χ3n) is 3.52. The summed E-state index contributed by atoms with van der Waals surface area (Å²) in [7, 11) is 1.56. The Hall–Kier alpha value is -2.94. The number of methoxy groups -OCH3 is 1. The maximum atomic E-state index is 13.6. The first-order valence-corrected chi connectivity index (χ1v) is 8.72. The highest BCUT2D eigenvalue weighted by Crippen LogP contribution is 2.25. The molecule has 0 atom stereocenters. The van der Waals surface area contributed by atoms with Gasteiger partial charge in [0.15, 0.2) is 0 Å². The number of carbonyl (C=O) groups excluding carboxylic acids is 1. The van der Waals surface area contributed by atoms with Crippen LogP contribution in [0.3, 0.4) is 0 Å². The van der Waals surface area contributed by atoms with E-state index in [-0.39, 0.29) is 24.0 Å². The SMILES string of the molecule is COc1ccccc1-n1nnnc1SCC(=O)NCc1ccccc1F. The van der Waals surface area contributed by atoms with Crippen LogP contribution in [0, 0.1) is 5.82 Å². The molecule has 1 aromatic heterocycles. The monoisotopic (exact) mass is 373 g/mol. The number of tetrazole rings is 1. The molecule has 3 aromatic rings. The largest absolute Gasteiger partial charge is 0.494 e. The summed E-state index contributed by atoms with van der Waals surface area (Å²) in [5.41, 5.74) is 1.11. The van der Waals surface area contributed by atoms with Gasteiger partial charge < -0.3 is 10.1 Å². The van der Waals surface area contributed by atoms with E-state index in [0.29, 0.717) is 22.2 Å². The molecule has 26 heavy (non-hydrogen) atoms. The molecule has 7 nitrogen and oxygen atoms in total. The fourth-order valence-electron chi connectivity index (χ4n) is 2.24. The number of ether oxygens (including phenoxy) is 1. The van der Waals surface area contributed by atoms with Crippen LogP contribution in [0.15, 0.2) is 53.7 Å². The Morgan fingerprint density at radius 3 is 2.81 bits per heavy atom. The van der Waals surface area contributed by atoms with Gasteiger partial charge in [-0.3, -0.25) is 4.79 Å². The lowest BCUT2D eigenvalue weighted by atomic mass is 10.2. The van der Waals surface area contributed by atoms with Crippen molar-refractivity contribution in [2.75, 3.05) is 12.9 Å². The van der Waals surface area contributed by atoms with Crippen molar-refractivity contribution in [2.24, 2.45) is 0 Å². The lowest BCUT2D eigenvalue weighted by Gasteiger charge is -2.09. The van der Waals surface area contributed by atoms with E-state index in [9.17, 15) is 9.18 Å². The number of rotatable bonds is 7. The third kappa shape index (κ3) is 4.17. The van der Waals surface area contributed by atoms with Crippen molar-refractivity contribution >= 4 is 17.7 Å². The van der Waals surface area contributed by atoms with Crippen LogP contribution in [0.1, 0.15) is 5.56 Å². The zero-order chi connectivity index (χ0) is 18.4. The van der Waals surface area contributed by atoms with Gasteiger partial charge in [0, 0.05) is 12.1 Å². The molecule has 0 unspecified atom stereocenters. The highest BCUT2D eigenvalue weighted by atomic mass is 32.2. The summed E-state index contributed by atoms with van der Waals surface area (Å²) in [4.78, 5) is 12.0. The lowest BCUT2D eigenvalue weighted by Crippen LogP contribution is -2.25. The summed E-state index contributed by atoms with van der Waals surface area (Å²) in [6, 6.07) is 13.6. The number of para-hydroxylation sites is 2. The van der Waals surface area contributed by atoms with Crippen LogP contribution in [0.5, 0.6) is 5.75 Å². The number of thioether (sulfide) groups is 1. The third-order valence-corrected chi connectivity index (χ3v) is 4.44. The summed E-state index contributed by atoms with van der Waals surface area (Å²) < 4.78 is 20.4. The second kappa shape index (κ2) is 8.43. The Labute approximate surface area is 153 Å². The van der Waals surface area contributed by atoms with E-state index in [2.05, 4.69) is 20.8 Å². The van der Waals surface area contributed by atoms with Gasteiger partial charge in [-0.05, 0) is 28.6 Å². The highest BCUT2D eigenvalue weighted by Gasteiger charge is 2.14. The maximum absolute atomic E-state index is 13.6. The molecule has 0 aliphatic heterocycles. The Morgan fingerprint density at radius 1 is 1.23 bits per heavy atom. The van der Waals surface area contributed by atoms with Gasteiger partial charge >= 0.3 is 0 Å². The molecule has 3 rings (SSSR count). The second-order valence-electron chi connectivity index (χ2n) is 5.20. The number of aromatic nitrogens is 4. The van der Waals surface area contributed by atoms with Crippen LogP contribution in [0.25, 0.3) is 5.69 Å². The second-order valence-corrected chi connectivity index (χ2v) is 6.14. The van der Waals surface area contributed by atoms with Crippen molar-refractivity contribution < 1.29 is 13.9 Å². The molecular weight excluding hydrogens is 357 g/mol. The van der Waals surface area contributed by atoms with E-state index in [4.69, 9.17) is 4.74 Å². The molecular formula is C17H16FN5O2S. The predicted octanol–water partition coefficient (Wildman–Crippen LogP) is 2.22. The van der Waals surface area contributed by atoms with Gasteiger partial charge in [0.05, 0.1) is 12.9 Å². The van der Waals surface area contributed by atoms with Gasteiger partial charge in [-0.15, -0.1) is 5.10 Å². The summed E-state index contributed by atoms with van der Waals surface area (Å²) in [5, 5.41) is 14.7. The first kappa shape index (κ1) is 17.9. The zero-order valence-corrected chi connectivity index (χ0v) is 14.7. The lowest BCUT2D eigenvalue weighted by molar-refractivity contribution is -0.118. The van der Waals surface area contributed by atoms with Crippen molar-refractivity contribution in [1.29, 1.82) is 0 Å². The molecule has 0 saturated carbocycles. The van der Waals surface area contributed by atoms with E-state index in [0.717, 1.165) is 0 Å². The number of nitrogens with zero attached hydrogens (tertiary/aromatic N) is 4. The minimum atomic E-state index is -0.347. The van der Waals surface area contributed by atoms with Gasteiger partial charge in [-0.25, -0.2) is 4.39 Å². The van der Waals surface area contributed by atoms with Crippen molar-refractivity contribution in [3.63, 3.8) is 0 Å². The van der Waals surface area contributed by atoms with Crippen LogP contribution in [-0.4, -0.2) is 39.0 Å². The van der Waals surface area contributed by atoms with Gasteiger partial charge in [0.1, 0.15) is 17.3 Å². The number of carbonyl (C=O) groups is 1. The normalized spacial score (nSPS) is 10.5. The van der Waals surface area contributed by atoms with Crippen LogP contribution < -0.4 is 10.1 Å². The number of hydrogen-bond acceptors (Lipinski definition) is 6. The Morgan fingerprint density at radius 2 is 2.00 bits per heavy atom. The van der Waals surface area contributed by atoms with Crippen LogP contribution in [0.4, 0.5) is 4.39 Å². The van der Waals surface area contributed by atoms with E-state index >= 15 is 0 Å². The fourth-order valence-corrected chi connectivity index (χ4v) is 2.96. The summed E-state index contributed by atoms with van der Waals surface area (Å²) >= 11 is 1.18. The molecule has 2 aromatic carbocycles. The van der Waals surface area contributed by atoms with E-state index < -0.39 is 0 Å². The van der Waals surface area contributed by atoms with Gasteiger partial charge in [0.2, 0.25) is 11.1 Å². The smallest absolute Gasteiger partial charge is 0.230 e. The zero-order valence-electron chi connectivity index (χ0n) is 13.9. The molecule has 0 radical (unpaired) electrons. The number of nitrogens with one attached hydrogen (secondary N) is 1. The summed E-state index contributed by atoms with van der Waals surface area (Å²) in [6.07, 6.45) is 0. The van der Waals surface area contributed by atoms with Crippen molar-refractivity contribution in [2.45, 2.75) is 11.7 Å². The Kier molecular flexibility index (Phi) is 5.80. The number of halogens is 1. The molecule has 0 saturated heterocycles. The molecule has 134 valence electrons. The van der Waals surface area contributed by atoms with E-state index in [1.165, 1.54) is 22.5 Å². The molecule has 0 aliphatic rings. The molecule has 0 bridgehead atoms. The van der Waals surface area contributed by atoms with Crippen molar-refractivity contribution in [3.8, 4) is 11.4 Å². The topological polar surface area (TPSA) is 81.9 Å². The summed E-state index contributed by atoms with van der Waals surface area (Å²) in [6.45, 7) is 0.128. The quantitative estimate of drug-likeness (QED) is 0.640. The van der Waals surface area contributed by atoms with E-state index in [1.807, 2.05) is 18.2 Å². The molecule has 0 aliphatic carbocycles. The van der Waals surface area contributed by atoms with Gasteiger partial charge in [0.25, 0.3) is 0 Å². The van der Waals surface area contributed by atoms with Crippen molar-refractivity contribution in [1.82, 2.24) is 25.5 Å². The molecule has 1 N–H and O–H groups in total. The van der Waals surface area contributed by atoms with Crippen LogP contribution in [0.2, 0.25) is 0 Å². The molecule has 1 heterocycles. The minimum absolute atomic E-state index is 0.101. The van der Waals surface area contributed by atoms with Gasteiger partial charge in [-0.1, -0.05) is 42.1 Å². The predicted molar refractivity (Wildman–Crippen MR) is 94.7 cm³/mol. The minimum Gasteiger partial charge on any atom is -0.494 e. The Bertz CT molecular complexity index is 902. The number of hydrogen-bond donors (Lipinski definition) is 1. The van der Waals surface area contributed by atoms with E-state index in [1.54, 1.807) is 31.4 Å². The van der Waals surface area contributed by atoms with Gasteiger partial charge in [-0.2, -0.15) is 4.68 Å². The van der Waals surface area contributed by atoms with Crippen molar-refractivity contribution in [3.05, 3.63) is 59.9 Å². The molecule has 1 amide bonds. The first-order valence-electron chi connectivity index (χ1n) is 7.73. The van der Waals surface area contributed by atoms with Crippen LogP contribution in [-0.2, 0) is 11.3 Å². The fraction of sp³-hybridized carbons (Fsp3) is 0.176. The maximum Gasteiger partial charge on any atom is 0.230 e. The molecule has 0 spiro atoms. The molecule has 9 heteroatoms. The van der Waals surface area contributed by atoms with Crippen LogP contribution >= 0.6 is 11.8 Å². The Balaban J connectivity index is 1.61. The average Bonchev–Trinajstić information content (AvgIpc) is 3.14. The number of amides is 1. The number of benzene rings is 2. The molecule has 0 fully saturated rings. The first-order chi connectivity index (χ1) is 12.7. The average molecular weight is 373 g/mol. The highest BCUT2D eigenvalue weighted by molar-refractivity contribution is 7.99.